The minimum Gasteiger partial charge on any atom is -0.444 e. The van der Waals surface area contributed by atoms with Gasteiger partial charge in [-0.3, -0.25) is 0 Å². The molecular weight excluding hydrogens is 302 g/mol. The summed E-state index contributed by atoms with van der Waals surface area (Å²) in [5.74, 6) is 0. The second kappa shape index (κ2) is 9.04. The summed E-state index contributed by atoms with van der Waals surface area (Å²) in [6.45, 7) is 13.6. The molecule has 0 radical (unpaired) electrons. The van der Waals surface area contributed by atoms with E-state index in [9.17, 15) is 4.79 Å². The quantitative estimate of drug-likeness (QED) is 0.755. The zero-order valence-electron chi connectivity index (χ0n) is 16.1. The van der Waals surface area contributed by atoms with Crippen molar-refractivity contribution in [3.8, 4) is 0 Å². The van der Waals surface area contributed by atoms with Gasteiger partial charge in [0.15, 0.2) is 0 Å². The summed E-state index contributed by atoms with van der Waals surface area (Å²) in [6, 6.07) is 0.566. The Morgan fingerprint density at radius 3 is 2.50 bits per heavy atom. The van der Waals surface area contributed by atoms with Gasteiger partial charge in [0.1, 0.15) is 5.60 Å². The van der Waals surface area contributed by atoms with Gasteiger partial charge in [0, 0.05) is 12.6 Å². The summed E-state index contributed by atoms with van der Waals surface area (Å²) in [5, 5.41) is 3.65. The molecule has 1 amide bonds. The standard InChI is InChI=1S/C19H37N3O2/c1-16(20-11-9-14-21-12-7-8-13-21)17-10-5-6-15-22(17)18(23)24-19(2,3)4/h16-17,20H,5-15H2,1-4H3/t16-,17+/m0/s1. The molecule has 2 fully saturated rings. The Labute approximate surface area is 148 Å². The van der Waals surface area contributed by atoms with Crippen LogP contribution in [0.1, 0.15) is 66.2 Å². The number of carbonyl (C=O) groups excluding carboxylic acids is 1. The van der Waals surface area contributed by atoms with E-state index in [-0.39, 0.29) is 12.1 Å². The van der Waals surface area contributed by atoms with Crippen molar-refractivity contribution in [2.45, 2.75) is 83.9 Å². The number of amides is 1. The first kappa shape index (κ1) is 19.5. The number of ether oxygens (including phenoxy) is 1. The van der Waals surface area contributed by atoms with Gasteiger partial charge in [-0.15, -0.1) is 0 Å². The average molecular weight is 340 g/mol. The highest BCUT2D eigenvalue weighted by atomic mass is 16.6. The van der Waals surface area contributed by atoms with Gasteiger partial charge in [0.2, 0.25) is 0 Å². The van der Waals surface area contributed by atoms with Crippen molar-refractivity contribution in [3.63, 3.8) is 0 Å². The second-order valence-electron chi connectivity index (χ2n) is 8.38. The summed E-state index contributed by atoms with van der Waals surface area (Å²) in [6.07, 6.45) is 7.09. The lowest BCUT2D eigenvalue weighted by molar-refractivity contribution is 0.00559. The third-order valence-electron chi connectivity index (χ3n) is 5.07. The van der Waals surface area contributed by atoms with E-state index in [0.29, 0.717) is 6.04 Å². The van der Waals surface area contributed by atoms with Crippen molar-refractivity contribution in [2.75, 3.05) is 32.7 Å². The second-order valence-corrected chi connectivity index (χ2v) is 8.38. The van der Waals surface area contributed by atoms with Crippen LogP contribution < -0.4 is 5.32 Å². The van der Waals surface area contributed by atoms with Crippen LogP contribution in [0.5, 0.6) is 0 Å². The maximum atomic E-state index is 12.5. The van der Waals surface area contributed by atoms with E-state index in [1.165, 1.54) is 45.3 Å². The molecule has 0 bridgehead atoms. The van der Waals surface area contributed by atoms with Gasteiger partial charge in [-0.2, -0.15) is 0 Å². The van der Waals surface area contributed by atoms with Crippen LogP contribution in [0.25, 0.3) is 0 Å². The van der Waals surface area contributed by atoms with Crippen LogP contribution in [0.4, 0.5) is 4.79 Å². The Hall–Kier alpha value is -0.810. The first-order chi connectivity index (χ1) is 11.4. The first-order valence-corrected chi connectivity index (χ1v) is 9.82. The van der Waals surface area contributed by atoms with E-state index in [2.05, 4.69) is 17.1 Å². The number of nitrogens with zero attached hydrogens (tertiary/aromatic N) is 2. The third-order valence-corrected chi connectivity index (χ3v) is 5.07. The molecule has 2 atom stereocenters. The third kappa shape index (κ3) is 6.25. The molecule has 5 nitrogen and oxygen atoms in total. The van der Waals surface area contributed by atoms with Crippen molar-refractivity contribution >= 4 is 6.09 Å². The van der Waals surface area contributed by atoms with Crippen molar-refractivity contribution in [1.82, 2.24) is 15.1 Å². The highest BCUT2D eigenvalue weighted by Gasteiger charge is 2.33. The van der Waals surface area contributed by atoms with Gasteiger partial charge in [0.25, 0.3) is 0 Å². The number of hydrogen-bond acceptors (Lipinski definition) is 4. The van der Waals surface area contributed by atoms with E-state index >= 15 is 0 Å². The Balaban J connectivity index is 1.76. The number of piperidine rings is 1. The highest BCUT2D eigenvalue weighted by Crippen LogP contribution is 2.22. The fourth-order valence-electron chi connectivity index (χ4n) is 3.80. The fourth-order valence-corrected chi connectivity index (χ4v) is 3.80. The van der Waals surface area contributed by atoms with E-state index in [1.54, 1.807) is 0 Å². The molecule has 2 saturated heterocycles. The van der Waals surface area contributed by atoms with Crippen LogP contribution in [0.15, 0.2) is 0 Å². The van der Waals surface area contributed by atoms with Gasteiger partial charge in [0.05, 0.1) is 6.04 Å². The lowest BCUT2D eigenvalue weighted by Crippen LogP contribution is -2.54. The van der Waals surface area contributed by atoms with Gasteiger partial charge in [-0.25, -0.2) is 4.79 Å². The van der Waals surface area contributed by atoms with Gasteiger partial charge in [-0.05, 0) is 92.4 Å². The lowest BCUT2D eigenvalue weighted by Gasteiger charge is -2.40. The Morgan fingerprint density at radius 1 is 1.17 bits per heavy atom. The maximum absolute atomic E-state index is 12.5. The van der Waals surface area contributed by atoms with Crippen LogP contribution in [-0.4, -0.2) is 66.3 Å². The molecule has 2 heterocycles. The topological polar surface area (TPSA) is 44.8 Å². The molecule has 2 aliphatic rings. The summed E-state index contributed by atoms with van der Waals surface area (Å²) >= 11 is 0. The SMILES string of the molecule is C[C@H](NCCCN1CCCC1)[C@H]1CCCCN1C(=O)OC(C)(C)C. The minimum atomic E-state index is -0.425. The smallest absolute Gasteiger partial charge is 0.410 e. The van der Waals surface area contributed by atoms with E-state index < -0.39 is 5.60 Å². The number of nitrogens with one attached hydrogen (secondary N) is 1. The molecule has 0 aromatic heterocycles. The molecule has 1 N–H and O–H groups in total. The predicted octanol–water partition coefficient (Wildman–Crippen LogP) is 3.24. The number of carbonyl (C=O) groups is 1. The molecule has 2 aliphatic heterocycles. The molecule has 5 heteroatoms. The van der Waals surface area contributed by atoms with Crippen LogP contribution in [-0.2, 0) is 4.74 Å². The zero-order valence-corrected chi connectivity index (χ0v) is 16.1. The van der Waals surface area contributed by atoms with E-state index in [4.69, 9.17) is 4.74 Å². The number of likely N-dealkylation sites (tertiary alicyclic amines) is 2. The van der Waals surface area contributed by atoms with E-state index in [0.717, 1.165) is 25.9 Å². The monoisotopic (exact) mass is 339 g/mol. The molecule has 0 aliphatic carbocycles. The molecule has 0 unspecified atom stereocenters. The van der Waals surface area contributed by atoms with Crippen molar-refractivity contribution < 1.29 is 9.53 Å². The zero-order chi connectivity index (χ0) is 17.6. The fraction of sp³-hybridized carbons (Fsp3) is 0.947. The van der Waals surface area contributed by atoms with Crippen LogP contribution >= 0.6 is 0 Å². The average Bonchev–Trinajstić information content (AvgIpc) is 3.03. The molecule has 2 rings (SSSR count). The lowest BCUT2D eigenvalue weighted by atomic mass is 9.97. The number of hydrogen-bond donors (Lipinski definition) is 1. The molecule has 24 heavy (non-hydrogen) atoms. The normalized spacial score (nSPS) is 24.2. The van der Waals surface area contributed by atoms with Gasteiger partial charge >= 0.3 is 6.09 Å². The summed E-state index contributed by atoms with van der Waals surface area (Å²) in [4.78, 5) is 17.0. The molecule has 0 saturated carbocycles. The Morgan fingerprint density at radius 2 is 1.83 bits per heavy atom. The van der Waals surface area contributed by atoms with Gasteiger partial charge < -0.3 is 19.9 Å². The van der Waals surface area contributed by atoms with Crippen molar-refractivity contribution in [3.05, 3.63) is 0 Å². The molecular formula is C19H37N3O2. The van der Waals surface area contributed by atoms with E-state index in [1.807, 2.05) is 25.7 Å². The largest absolute Gasteiger partial charge is 0.444 e. The van der Waals surface area contributed by atoms with Crippen LogP contribution in [0.2, 0.25) is 0 Å². The van der Waals surface area contributed by atoms with Crippen LogP contribution in [0.3, 0.4) is 0 Å². The first-order valence-electron chi connectivity index (χ1n) is 9.82. The molecule has 140 valence electrons. The van der Waals surface area contributed by atoms with Gasteiger partial charge in [-0.1, -0.05) is 0 Å². The predicted molar refractivity (Wildman–Crippen MR) is 98.3 cm³/mol. The molecule has 0 aromatic carbocycles. The molecule has 0 aromatic rings. The summed E-state index contributed by atoms with van der Waals surface area (Å²) < 4.78 is 5.60. The minimum absolute atomic E-state index is 0.155. The van der Waals surface area contributed by atoms with Crippen molar-refractivity contribution in [1.29, 1.82) is 0 Å². The Bertz CT molecular complexity index is 389. The van der Waals surface area contributed by atoms with Crippen LogP contribution in [0, 0.1) is 0 Å². The summed E-state index contributed by atoms with van der Waals surface area (Å²) in [7, 11) is 0. The number of rotatable bonds is 6. The highest BCUT2D eigenvalue weighted by molar-refractivity contribution is 5.68. The Kier molecular flexibility index (Phi) is 7.35. The molecule has 0 spiro atoms. The maximum Gasteiger partial charge on any atom is 0.410 e. The summed E-state index contributed by atoms with van der Waals surface area (Å²) in [5.41, 5.74) is -0.425. The van der Waals surface area contributed by atoms with Crippen molar-refractivity contribution in [2.24, 2.45) is 0 Å².